The van der Waals surface area contributed by atoms with E-state index in [9.17, 15) is 9.90 Å². The van der Waals surface area contributed by atoms with Crippen LogP contribution in [-0.4, -0.2) is 37.2 Å². The molecule has 0 bridgehead atoms. The van der Waals surface area contributed by atoms with E-state index in [0.29, 0.717) is 24.9 Å². The maximum atomic E-state index is 12.1. The summed E-state index contributed by atoms with van der Waals surface area (Å²) in [6.45, 7) is 4.80. The van der Waals surface area contributed by atoms with Gasteiger partial charge >= 0.3 is 0 Å². The third kappa shape index (κ3) is 3.22. The molecule has 1 aromatic rings. The molecule has 0 amide bonds. The van der Waals surface area contributed by atoms with Crippen molar-refractivity contribution < 1.29 is 14.6 Å². The smallest absolute Gasteiger partial charge is 0.156 e. The molecule has 3 aliphatic carbocycles. The van der Waals surface area contributed by atoms with Crippen LogP contribution in [0.5, 0.6) is 0 Å². The Labute approximate surface area is 186 Å². The summed E-state index contributed by atoms with van der Waals surface area (Å²) >= 11 is 0. The van der Waals surface area contributed by atoms with Gasteiger partial charge in [0.2, 0.25) is 0 Å². The zero-order valence-electron chi connectivity index (χ0n) is 19.3. The number of carbonyl (C=O) groups excluding carboxylic acids is 1. The second-order valence-electron chi connectivity index (χ2n) is 10.7. The number of aliphatic hydroxyl groups is 1. The maximum Gasteiger partial charge on any atom is 0.156 e. The van der Waals surface area contributed by atoms with Crippen molar-refractivity contribution in [2.75, 3.05) is 25.6 Å². The standard InChI is InChI=1S/C27H35NO3/c1-26-16-31-25(17-5-8-19(9-6-17)28(3)4)24-21-12-10-20(29)15-18(21)7-11-22(24)23(26)13-14-27(26,2)30/h5-6,8-9,15,22-23,25,30H,7,10-14,16H2,1-4H3. The number of nitrogens with zero attached hydrogens (tertiary/aromatic N) is 1. The van der Waals surface area contributed by atoms with Crippen LogP contribution in [0.1, 0.15) is 64.0 Å². The third-order valence-electron chi connectivity index (χ3n) is 8.84. The lowest BCUT2D eigenvalue weighted by Crippen LogP contribution is -2.46. The van der Waals surface area contributed by atoms with Crippen molar-refractivity contribution >= 4 is 11.5 Å². The highest BCUT2D eigenvalue weighted by atomic mass is 16.5. The highest BCUT2D eigenvalue weighted by molar-refractivity contribution is 5.93. The molecule has 1 aliphatic heterocycles. The Morgan fingerprint density at radius 2 is 1.81 bits per heavy atom. The van der Waals surface area contributed by atoms with Crippen molar-refractivity contribution in [2.45, 2.75) is 64.1 Å². The predicted molar refractivity (Wildman–Crippen MR) is 123 cm³/mol. The molecular formula is C27H35NO3. The summed E-state index contributed by atoms with van der Waals surface area (Å²) in [7, 11) is 4.11. The predicted octanol–water partition coefficient (Wildman–Crippen LogP) is 4.99. The Kier molecular flexibility index (Phi) is 4.95. The van der Waals surface area contributed by atoms with Gasteiger partial charge in [-0.05, 0) is 91.4 Å². The molecule has 0 radical (unpaired) electrons. The van der Waals surface area contributed by atoms with Gasteiger partial charge in [-0.15, -0.1) is 0 Å². The molecule has 166 valence electrons. The van der Waals surface area contributed by atoms with E-state index in [0.717, 1.165) is 32.1 Å². The summed E-state index contributed by atoms with van der Waals surface area (Å²) in [5.41, 5.74) is 5.38. The van der Waals surface area contributed by atoms with Crippen molar-refractivity contribution in [1.82, 2.24) is 0 Å². The number of benzene rings is 1. The van der Waals surface area contributed by atoms with Gasteiger partial charge in [-0.2, -0.15) is 0 Å². The normalized spacial score (nSPS) is 37.5. The molecule has 1 N–H and O–H groups in total. The summed E-state index contributed by atoms with van der Waals surface area (Å²) in [5.74, 6) is 1.07. The number of rotatable bonds is 2. The van der Waals surface area contributed by atoms with Gasteiger partial charge in [-0.1, -0.05) is 19.1 Å². The Balaban J connectivity index is 1.65. The molecule has 4 heteroatoms. The fourth-order valence-electron chi connectivity index (χ4n) is 6.69. The molecule has 2 fully saturated rings. The van der Waals surface area contributed by atoms with E-state index in [2.05, 4.69) is 50.2 Å². The van der Waals surface area contributed by atoms with E-state index in [1.165, 1.54) is 28.0 Å². The zero-order valence-corrected chi connectivity index (χ0v) is 19.3. The average molecular weight is 422 g/mol. The maximum absolute atomic E-state index is 12.1. The first kappa shape index (κ1) is 21.0. The van der Waals surface area contributed by atoms with Crippen LogP contribution in [0.4, 0.5) is 5.69 Å². The molecule has 4 aliphatic rings. The van der Waals surface area contributed by atoms with Crippen LogP contribution in [0.15, 0.2) is 47.1 Å². The summed E-state index contributed by atoms with van der Waals surface area (Å²) in [6.07, 6.45) is 7.10. The number of ether oxygens (including phenoxy) is 1. The quantitative estimate of drug-likeness (QED) is 0.731. The number of anilines is 1. The van der Waals surface area contributed by atoms with Gasteiger partial charge in [0, 0.05) is 31.6 Å². The molecular weight excluding hydrogens is 386 g/mol. The number of allylic oxidation sites excluding steroid dienone is 3. The Hall–Kier alpha value is -1.91. The minimum atomic E-state index is -0.713. The minimum absolute atomic E-state index is 0.105. The molecule has 5 atom stereocenters. The van der Waals surface area contributed by atoms with Crippen molar-refractivity contribution in [3.8, 4) is 0 Å². The van der Waals surface area contributed by atoms with Crippen molar-refractivity contribution in [3.63, 3.8) is 0 Å². The van der Waals surface area contributed by atoms with Crippen LogP contribution in [0.2, 0.25) is 0 Å². The molecule has 1 saturated heterocycles. The first-order valence-electron chi connectivity index (χ1n) is 11.8. The highest BCUT2D eigenvalue weighted by Gasteiger charge is 2.59. The first-order chi connectivity index (χ1) is 14.7. The van der Waals surface area contributed by atoms with Gasteiger partial charge in [0.1, 0.15) is 6.10 Å². The van der Waals surface area contributed by atoms with Gasteiger partial charge in [-0.25, -0.2) is 0 Å². The molecule has 31 heavy (non-hydrogen) atoms. The fourth-order valence-corrected chi connectivity index (χ4v) is 6.69. The van der Waals surface area contributed by atoms with Gasteiger partial charge in [0.15, 0.2) is 5.78 Å². The van der Waals surface area contributed by atoms with E-state index in [4.69, 9.17) is 4.74 Å². The summed E-state index contributed by atoms with van der Waals surface area (Å²) < 4.78 is 6.74. The van der Waals surface area contributed by atoms with Gasteiger partial charge in [-0.3, -0.25) is 4.79 Å². The van der Waals surface area contributed by atoms with E-state index < -0.39 is 5.60 Å². The topological polar surface area (TPSA) is 49.8 Å². The van der Waals surface area contributed by atoms with Crippen LogP contribution < -0.4 is 4.90 Å². The fraction of sp³-hybridized carbons (Fsp3) is 0.593. The van der Waals surface area contributed by atoms with Crippen LogP contribution in [0.25, 0.3) is 0 Å². The molecule has 0 aromatic heterocycles. The summed E-state index contributed by atoms with van der Waals surface area (Å²) in [6, 6.07) is 8.70. The van der Waals surface area contributed by atoms with Crippen molar-refractivity contribution in [3.05, 3.63) is 52.6 Å². The Morgan fingerprint density at radius 3 is 2.52 bits per heavy atom. The second kappa shape index (κ2) is 7.31. The average Bonchev–Trinajstić information content (AvgIpc) is 2.89. The van der Waals surface area contributed by atoms with Crippen LogP contribution >= 0.6 is 0 Å². The first-order valence-corrected chi connectivity index (χ1v) is 11.8. The van der Waals surface area contributed by atoms with Gasteiger partial charge in [0.05, 0.1) is 12.2 Å². The van der Waals surface area contributed by atoms with Gasteiger partial charge < -0.3 is 14.7 Å². The third-order valence-corrected chi connectivity index (χ3v) is 8.84. The molecule has 4 nitrogen and oxygen atoms in total. The lowest BCUT2D eigenvalue weighted by atomic mass is 9.62. The van der Waals surface area contributed by atoms with E-state index in [-0.39, 0.29) is 17.3 Å². The SMILES string of the molecule is CN(C)c1ccc(C2OCC3(C)C(CCC3(C)O)C3CCC4=CC(=O)CCC4=C23)cc1. The summed E-state index contributed by atoms with van der Waals surface area (Å²) in [4.78, 5) is 14.3. The molecule has 5 unspecified atom stereocenters. The molecule has 1 saturated carbocycles. The molecule has 1 aromatic carbocycles. The molecule has 0 spiro atoms. The van der Waals surface area contributed by atoms with Crippen LogP contribution in [-0.2, 0) is 9.53 Å². The van der Waals surface area contributed by atoms with E-state index in [1.54, 1.807) is 0 Å². The monoisotopic (exact) mass is 421 g/mol. The molecule has 5 rings (SSSR count). The summed E-state index contributed by atoms with van der Waals surface area (Å²) in [5, 5.41) is 11.3. The number of ketones is 1. The number of hydrogen-bond acceptors (Lipinski definition) is 4. The Morgan fingerprint density at radius 1 is 1.06 bits per heavy atom. The van der Waals surface area contributed by atoms with E-state index >= 15 is 0 Å². The second-order valence-corrected chi connectivity index (χ2v) is 10.7. The number of hydrogen-bond donors (Lipinski definition) is 1. The van der Waals surface area contributed by atoms with Crippen molar-refractivity contribution in [1.29, 1.82) is 0 Å². The highest BCUT2D eigenvalue weighted by Crippen LogP contribution is 2.61. The molecule has 1 heterocycles. The van der Waals surface area contributed by atoms with Crippen LogP contribution in [0.3, 0.4) is 0 Å². The van der Waals surface area contributed by atoms with Crippen LogP contribution in [0, 0.1) is 17.3 Å². The number of fused-ring (bicyclic) bond motifs is 4. The van der Waals surface area contributed by atoms with Gasteiger partial charge in [0.25, 0.3) is 0 Å². The minimum Gasteiger partial charge on any atom is -0.390 e. The zero-order chi connectivity index (χ0) is 22.0. The Bertz CT molecular complexity index is 955. The number of carbonyl (C=O) groups is 1. The van der Waals surface area contributed by atoms with E-state index in [1.807, 2.05) is 13.0 Å². The lowest BCUT2D eigenvalue weighted by molar-refractivity contribution is -0.114. The van der Waals surface area contributed by atoms with Crippen molar-refractivity contribution in [2.24, 2.45) is 17.3 Å². The lowest BCUT2D eigenvalue weighted by Gasteiger charge is -2.43. The largest absolute Gasteiger partial charge is 0.390 e.